The number of benzene rings is 2. The van der Waals surface area contributed by atoms with E-state index in [1.165, 1.54) is 0 Å². The number of nitrogens with one attached hydrogen (secondary N) is 1. The fourth-order valence-electron chi connectivity index (χ4n) is 2.90. The summed E-state index contributed by atoms with van der Waals surface area (Å²) in [5, 5.41) is 20.9. The predicted octanol–water partition coefficient (Wildman–Crippen LogP) is 2.14. The van der Waals surface area contributed by atoms with Crippen molar-refractivity contribution in [2.24, 2.45) is 0 Å². The van der Waals surface area contributed by atoms with Crippen LogP contribution in [0.25, 0.3) is 11.1 Å². The predicted molar refractivity (Wildman–Crippen MR) is 109 cm³/mol. The Hall–Kier alpha value is -3.39. The topological polar surface area (TPSA) is 122 Å². The van der Waals surface area contributed by atoms with Crippen LogP contribution in [0.2, 0.25) is 0 Å². The van der Waals surface area contributed by atoms with E-state index in [-0.39, 0.29) is 18.8 Å². The zero-order chi connectivity index (χ0) is 21.9. The van der Waals surface area contributed by atoms with Gasteiger partial charge in [0.15, 0.2) is 0 Å². The van der Waals surface area contributed by atoms with E-state index in [0.29, 0.717) is 6.42 Å². The Kier molecular flexibility index (Phi) is 8.83. The average molecular weight is 415 g/mol. The van der Waals surface area contributed by atoms with Gasteiger partial charge in [0.1, 0.15) is 19.0 Å². The molecule has 8 heteroatoms. The van der Waals surface area contributed by atoms with Crippen LogP contribution in [0.3, 0.4) is 0 Å². The van der Waals surface area contributed by atoms with Crippen molar-refractivity contribution in [3.63, 3.8) is 0 Å². The van der Waals surface area contributed by atoms with Crippen LogP contribution in [0.15, 0.2) is 48.5 Å². The molecule has 8 nitrogen and oxygen atoms in total. The summed E-state index contributed by atoms with van der Waals surface area (Å²) in [6.45, 7) is 0.944. The third-order valence-electron chi connectivity index (χ3n) is 4.16. The lowest BCUT2D eigenvalue weighted by Gasteiger charge is -2.18. The Morgan fingerprint density at radius 3 is 2.40 bits per heavy atom. The molecular weight excluding hydrogens is 390 g/mol. The second-order valence-corrected chi connectivity index (χ2v) is 6.61. The standard InChI is InChI=1S/C22H25NO7/c1-2-30-22(28)12-18(23-20(25)13-29-14-21(26)27)10-15-6-8-16(9-7-15)17-4-3-5-19(24)11-17/h3-9,11,18,24H,2,10,12-14H2,1H3,(H,23,25)(H,26,27). The lowest BCUT2D eigenvalue weighted by molar-refractivity contribution is -0.143. The number of phenolic OH excluding ortho intramolecular Hbond substituents is 1. The minimum Gasteiger partial charge on any atom is -0.508 e. The van der Waals surface area contributed by atoms with Crippen LogP contribution in [0.4, 0.5) is 0 Å². The van der Waals surface area contributed by atoms with Gasteiger partial charge in [-0.2, -0.15) is 0 Å². The van der Waals surface area contributed by atoms with E-state index in [1.54, 1.807) is 25.1 Å². The van der Waals surface area contributed by atoms with Gasteiger partial charge in [0.2, 0.25) is 5.91 Å². The summed E-state index contributed by atoms with van der Waals surface area (Å²) in [5.74, 6) is -1.94. The number of amides is 1. The Morgan fingerprint density at radius 1 is 1.03 bits per heavy atom. The van der Waals surface area contributed by atoms with Crippen LogP contribution >= 0.6 is 0 Å². The number of rotatable bonds is 11. The lowest BCUT2D eigenvalue weighted by Crippen LogP contribution is -2.40. The van der Waals surface area contributed by atoms with Crippen molar-refractivity contribution >= 4 is 17.8 Å². The molecule has 2 aromatic carbocycles. The van der Waals surface area contributed by atoms with Gasteiger partial charge < -0.3 is 25.0 Å². The first-order valence-electron chi connectivity index (χ1n) is 9.50. The van der Waals surface area contributed by atoms with E-state index in [9.17, 15) is 19.5 Å². The third-order valence-corrected chi connectivity index (χ3v) is 4.16. The van der Waals surface area contributed by atoms with Crippen molar-refractivity contribution in [1.82, 2.24) is 5.32 Å². The summed E-state index contributed by atoms with van der Waals surface area (Å²) >= 11 is 0. The van der Waals surface area contributed by atoms with Gasteiger partial charge in [-0.05, 0) is 42.2 Å². The van der Waals surface area contributed by atoms with Gasteiger partial charge in [-0.1, -0.05) is 36.4 Å². The van der Waals surface area contributed by atoms with E-state index in [1.807, 2.05) is 30.3 Å². The molecular formula is C22H25NO7. The summed E-state index contributed by atoms with van der Waals surface area (Å²) in [6, 6.07) is 13.9. The molecule has 0 saturated carbocycles. The molecule has 0 fully saturated rings. The van der Waals surface area contributed by atoms with Gasteiger partial charge in [0.25, 0.3) is 0 Å². The van der Waals surface area contributed by atoms with Crippen LogP contribution in [0, 0.1) is 0 Å². The van der Waals surface area contributed by atoms with Gasteiger partial charge in [0.05, 0.1) is 13.0 Å². The van der Waals surface area contributed by atoms with E-state index >= 15 is 0 Å². The quantitative estimate of drug-likeness (QED) is 0.481. The highest BCUT2D eigenvalue weighted by Crippen LogP contribution is 2.23. The normalized spacial score (nSPS) is 11.5. The van der Waals surface area contributed by atoms with Crippen molar-refractivity contribution in [1.29, 1.82) is 0 Å². The second kappa shape index (κ2) is 11.6. The van der Waals surface area contributed by atoms with E-state index < -0.39 is 37.1 Å². The zero-order valence-corrected chi connectivity index (χ0v) is 16.7. The van der Waals surface area contributed by atoms with Crippen molar-refractivity contribution in [2.45, 2.75) is 25.8 Å². The highest BCUT2D eigenvalue weighted by molar-refractivity contribution is 5.79. The van der Waals surface area contributed by atoms with E-state index in [4.69, 9.17) is 14.6 Å². The van der Waals surface area contributed by atoms with Gasteiger partial charge in [-0.25, -0.2) is 4.79 Å². The van der Waals surface area contributed by atoms with Crippen LogP contribution < -0.4 is 5.32 Å². The number of phenols is 1. The van der Waals surface area contributed by atoms with Crippen molar-refractivity contribution in [3.8, 4) is 16.9 Å². The van der Waals surface area contributed by atoms with E-state index in [2.05, 4.69) is 5.32 Å². The third kappa shape index (κ3) is 7.92. The van der Waals surface area contributed by atoms with Crippen molar-refractivity contribution < 1.29 is 34.1 Å². The molecule has 0 saturated heterocycles. The number of carbonyl (C=O) groups excluding carboxylic acids is 2. The minimum absolute atomic E-state index is 0.0210. The summed E-state index contributed by atoms with van der Waals surface area (Å²) < 4.78 is 9.76. The van der Waals surface area contributed by atoms with Crippen molar-refractivity contribution in [2.75, 3.05) is 19.8 Å². The molecule has 2 aromatic rings. The molecule has 1 atom stereocenters. The molecule has 0 aliphatic heterocycles. The number of aromatic hydroxyl groups is 1. The Bertz CT molecular complexity index is 864. The first-order chi connectivity index (χ1) is 14.4. The average Bonchev–Trinajstić information content (AvgIpc) is 2.68. The zero-order valence-electron chi connectivity index (χ0n) is 16.7. The SMILES string of the molecule is CCOC(=O)CC(Cc1ccc(-c2cccc(O)c2)cc1)NC(=O)COCC(=O)O. The van der Waals surface area contributed by atoms with Crippen LogP contribution in [0.5, 0.6) is 5.75 Å². The highest BCUT2D eigenvalue weighted by atomic mass is 16.5. The van der Waals surface area contributed by atoms with Gasteiger partial charge in [-0.15, -0.1) is 0 Å². The molecule has 160 valence electrons. The second-order valence-electron chi connectivity index (χ2n) is 6.61. The molecule has 0 aromatic heterocycles. The van der Waals surface area contributed by atoms with Gasteiger partial charge >= 0.3 is 11.9 Å². The number of esters is 1. The molecule has 0 aliphatic carbocycles. The summed E-state index contributed by atoms with van der Waals surface area (Å²) in [5.41, 5.74) is 2.68. The Morgan fingerprint density at radius 2 is 1.77 bits per heavy atom. The Balaban J connectivity index is 2.03. The summed E-state index contributed by atoms with van der Waals surface area (Å²) in [7, 11) is 0. The molecule has 0 radical (unpaired) electrons. The summed E-state index contributed by atoms with van der Waals surface area (Å²) in [6.07, 6.45) is 0.358. The molecule has 0 aliphatic rings. The maximum Gasteiger partial charge on any atom is 0.329 e. The number of carbonyl (C=O) groups is 3. The number of ether oxygens (including phenoxy) is 2. The number of hydrogen-bond donors (Lipinski definition) is 3. The first-order valence-corrected chi connectivity index (χ1v) is 9.50. The van der Waals surface area contributed by atoms with Gasteiger partial charge in [0, 0.05) is 6.04 Å². The number of carboxylic acids is 1. The summed E-state index contributed by atoms with van der Waals surface area (Å²) in [4.78, 5) is 34.4. The molecule has 0 heterocycles. The fourth-order valence-corrected chi connectivity index (χ4v) is 2.90. The monoisotopic (exact) mass is 415 g/mol. The van der Waals surface area contributed by atoms with Crippen LogP contribution in [0.1, 0.15) is 18.9 Å². The highest BCUT2D eigenvalue weighted by Gasteiger charge is 2.18. The first kappa shape index (κ1) is 22.9. The molecule has 1 amide bonds. The van der Waals surface area contributed by atoms with Crippen LogP contribution in [-0.2, 0) is 30.3 Å². The molecule has 0 spiro atoms. The van der Waals surface area contributed by atoms with Gasteiger partial charge in [-0.3, -0.25) is 9.59 Å². The smallest absolute Gasteiger partial charge is 0.329 e. The largest absolute Gasteiger partial charge is 0.508 e. The number of carboxylic acid groups (broad SMARTS) is 1. The maximum absolute atomic E-state index is 12.0. The Labute approximate surface area is 174 Å². The lowest BCUT2D eigenvalue weighted by atomic mass is 9.99. The molecule has 30 heavy (non-hydrogen) atoms. The van der Waals surface area contributed by atoms with Crippen molar-refractivity contribution in [3.05, 3.63) is 54.1 Å². The molecule has 2 rings (SSSR count). The molecule has 0 bridgehead atoms. The molecule has 1 unspecified atom stereocenters. The minimum atomic E-state index is -1.17. The van der Waals surface area contributed by atoms with E-state index in [0.717, 1.165) is 16.7 Å². The number of aliphatic carboxylic acids is 1. The van der Waals surface area contributed by atoms with Crippen LogP contribution in [-0.4, -0.2) is 53.9 Å². The fraction of sp³-hybridized carbons (Fsp3) is 0.318. The number of hydrogen-bond acceptors (Lipinski definition) is 6. The maximum atomic E-state index is 12.0. The molecule has 3 N–H and O–H groups in total.